The van der Waals surface area contributed by atoms with E-state index in [1.54, 1.807) is 24.3 Å². The summed E-state index contributed by atoms with van der Waals surface area (Å²) in [6.07, 6.45) is 1.34. The number of carbonyl (C=O) groups is 1. The van der Waals surface area contributed by atoms with Gasteiger partial charge in [-0.2, -0.15) is 0 Å². The second kappa shape index (κ2) is 6.80. The molecule has 0 amide bonds. The largest absolute Gasteiger partial charge is 0.525 e. The van der Waals surface area contributed by atoms with Crippen LogP contribution in [0.1, 0.15) is 38.8 Å². The van der Waals surface area contributed by atoms with E-state index in [0.717, 1.165) is 0 Å². The summed E-state index contributed by atoms with van der Waals surface area (Å²) in [6, 6.07) is 6.85. The molecule has 0 spiro atoms. The smallest absolute Gasteiger partial charge is 0.459 e. The molecule has 1 saturated heterocycles. The van der Waals surface area contributed by atoms with Crippen LogP contribution in [-0.2, 0) is 18.8 Å². The first-order valence-electron chi connectivity index (χ1n) is 7.57. The zero-order valence-electron chi connectivity index (χ0n) is 14.5. The molecule has 0 saturated carbocycles. The van der Waals surface area contributed by atoms with E-state index in [-0.39, 0.29) is 0 Å². The Hall–Kier alpha value is -2.10. The lowest BCUT2D eigenvalue weighted by atomic mass is 9.86. The molecule has 1 aliphatic rings. The first kappa shape index (κ1) is 18.2. The zero-order chi connectivity index (χ0) is 18.0. The van der Waals surface area contributed by atoms with Crippen molar-refractivity contribution in [1.29, 1.82) is 0 Å². The lowest BCUT2D eigenvalue weighted by Crippen LogP contribution is -2.41. The van der Waals surface area contributed by atoms with Gasteiger partial charge in [0.2, 0.25) is 0 Å². The lowest BCUT2D eigenvalue weighted by Gasteiger charge is -2.32. The predicted octanol–water partition coefficient (Wildman–Crippen LogP) is 3.15. The summed E-state index contributed by atoms with van der Waals surface area (Å²) >= 11 is 0. The van der Waals surface area contributed by atoms with Gasteiger partial charge in [0.15, 0.2) is 0 Å². The van der Waals surface area contributed by atoms with Gasteiger partial charge < -0.3 is 14.0 Å². The third-order valence-corrected chi connectivity index (χ3v) is 4.16. The third kappa shape index (κ3) is 4.05. The number of ether oxygens (including phenoxy) is 1. The average Bonchev–Trinajstić information content (AvgIpc) is 2.73. The van der Waals surface area contributed by atoms with Crippen molar-refractivity contribution in [2.45, 2.75) is 38.9 Å². The zero-order valence-corrected chi connectivity index (χ0v) is 14.5. The molecule has 0 radical (unpaired) electrons. The fourth-order valence-corrected chi connectivity index (χ4v) is 2.06. The molecule has 1 fully saturated rings. The Morgan fingerprint density at radius 2 is 1.88 bits per heavy atom. The van der Waals surface area contributed by atoms with Gasteiger partial charge >= 0.3 is 13.1 Å². The maximum Gasteiger partial charge on any atom is 0.525 e. The van der Waals surface area contributed by atoms with Crippen LogP contribution in [0, 0.1) is 11.8 Å². The molecule has 0 bridgehead atoms. The monoisotopic (exact) mass is 330 g/mol. The Labute approximate surface area is 142 Å². The number of hydrogen-bond acceptors (Lipinski definition) is 4. The Morgan fingerprint density at radius 3 is 2.46 bits per heavy atom. The van der Waals surface area contributed by atoms with Gasteiger partial charge in [0, 0.05) is 11.5 Å². The Kier molecular flexibility index (Phi) is 5.17. The SMILES string of the molecule is COC(=O)C#Cc1cccc(C=C(F)B2OC(C)(C)C(C)(C)O2)c1. The molecule has 24 heavy (non-hydrogen) atoms. The predicted molar refractivity (Wildman–Crippen MR) is 90.5 cm³/mol. The van der Waals surface area contributed by atoms with Crippen LogP contribution in [-0.4, -0.2) is 31.4 Å². The minimum Gasteiger partial charge on any atom is -0.459 e. The number of rotatable bonds is 2. The fraction of sp³-hybridized carbons (Fsp3) is 0.389. The third-order valence-electron chi connectivity index (χ3n) is 4.16. The van der Waals surface area contributed by atoms with Gasteiger partial charge in [0.1, 0.15) is 5.73 Å². The molecular weight excluding hydrogens is 310 g/mol. The van der Waals surface area contributed by atoms with E-state index in [1.807, 2.05) is 27.7 Å². The molecular formula is C18H20BFO4. The van der Waals surface area contributed by atoms with Gasteiger partial charge in [-0.25, -0.2) is 9.18 Å². The molecule has 2 rings (SSSR count). The highest BCUT2D eigenvalue weighted by Gasteiger charge is 2.53. The molecule has 1 aromatic rings. The second-order valence-corrected chi connectivity index (χ2v) is 6.48. The summed E-state index contributed by atoms with van der Waals surface area (Å²) in [5.74, 6) is 4.37. The number of carbonyl (C=O) groups excluding carboxylic acids is 1. The molecule has 1 aliphatic heterocycles. The summed E-state index contributed by atoms with van der Waals surface area (Å²) in [4.78, 5) is 11.0. The number of methoxy groups -OCH3 is 1. The van der Waals surface area contributed by atoms with E-state index in [9.17, 15) is 9.18 Å². The molecule has 0 N–H and O–H groups in total. The van der Waals surface area contributed by atoms with E-state index in [1.165, 1.54) is 13.2 Å². The van der Waals surface area contributed by atoms with E-state index < -0.39 is 30.0 Å². The highest BCUT2D eigenvalue weighted by Crippen LogP contribution is 2.39. The fourth-order valence-electron chi connectivity index (χ4n) is 2.06. The maximum atomic E-state index is 14.5. The standard InChI is InChI=1S/C18H20BFO4/c1-17(2)18(3,4)24-19(23-17)15(20)12-14-8-6-7-13(11-14)9-10-16(21)22-5/h6-8,11-12H,1-5H3. The summed E-state index contributed by atoms with van der Waals surface area (Å²) in [7, 11) is 0.218. The summed E-state index contributed by atoms with van der Waals surface area (Å²) < 4.78 is 30.3. The maximum absolute atomic E-state index is 14.5. The van der Waals surface area contributed by atoms with Crippen LogP contribution in [0.2, 0.25) is 0 Å². The van der Waals surface area contributed by atoms with Crippen LogP contribution in [0.25, 0.3) is 6.08 Å². The van der Waals surface area contributed by atoms with Crippen molar-refractivity contribution >= 4 is 19.2 Å². The van der Waals surface area contributed by atoms with Crippen molar-refractivity contribution in [3.05, 3.63) is 41.1 Å². The number of esters is 1. The van der Waals surface area contributed by atoms with Gasteiger partial charge in [-0.15, -0.1) is 0 Å². The van der Waals surface area contributed by atoms with Gasteiger partial charge in [0.25, 0.3) is 0 Å². The highest BCUT2D eigenvalue weighted by molar-refractivity contribution is 6.54. The molecule has 0 unspecified atom stereocenters. The van der Waals surface area contributed by atoms with E-state index >= 15 is 0 Å². The van der Waals surface area contributed by atoms with Crippen LogP contribution in [0.4, 0.5) is 4.39 Å². The molecule has 126 valence electrons. The quantitative estimate of drug-likeness (QED) is 0.475. The molecule has 0 aromatic heterocycles. The van der Waals surface area contributed by atoms with Crippen molar-refractivity contribution in [1.82, 2.24) is 0 Å². The summed E-state index contributed by atoms with van der Waals surface area (Å²) in [5.41, 5.74) is -0.547. The van der Waals surface area contributed by atoms with E-state index in [4.69, 9.17) is 9.31 Å². The van der Waals surface area contributed by atoms with Crippen LogP contribution in [0.5, 0.6) is 0 Å². The number of hydrogen-bond donors (Lipinski definition) is 0. The van der Waals surface area contributed by atoms with Crippen molar-refractivity contribution in [3.8, 4) is 11.8 Å². The first-order valence-corrected chi connectivity index (χ1v) is 7.57. The van der Waals surface area contributed by atoms with Gasteiger partial charge in [-0.05, 0) is 51.5 Å². The average molecular weight is 330 g/mol. The van der Waals surface area contributed by atoms with Crippen LogP contribution in [0.15, 0.2) is 30.0 Å². The normalized spacial score (nSPS) is 18.8. The van der Waals surface area contributed by atoms with Gasteiger partial charge in [-0.3, -0.25) is 0 Å². The van der Waals surface area contributed by atoms with Gasteiger partial charge in [-0.1, -0.05) is 18.1 Å². The number of halogens is 1. The van der Waals surface area contributed by atoms with Crippen LogP contribution < -0.4 is 0 Å². The number of benzene rings is 1. The molecule has 4 nitrogen and oxygen atoms in total. The van der Waals surface area contributed by atoms with Crippen molar-refractivity contribution in [2.24, 2.45) is 0 Å². The van der Waals surface area contributed by atoms with Crippen molar-refractivity contribution in [2.75, 3.05) is 7.11 Å². The molecule has 0 atom stereocenters. The molecule has 1 aromatic carbocycles. The van der Waals surface area contributed by atoms with Gasteiger partial charge in [0.05, 0.1) is 18.3 Å². The van der Waals surface area contributed by atoms with Crippen LogP contribution in [0.3, 0.4) is 0 Å². The van der Waals surface area contributed by atoms with Crippen molar-refractivity contribution in [3.63, 3.8) is 0 Å². The molecule has 0 aliphatic carbocycles. The Balaban J connectivity index is 2.19. The Morgan fingerprint density at radius 1 is 1.25 bits per heavy atom. The highest BCUT2D eigenvalue weighted by atomic mass is 19.1. The lowest BCUT2D eigenvalue weighted by molar-refractivity contribution is -0.133. The molecule has 1 heterocycles. The van der Waals surface area contributed by atoms with E-state index in [0.29, 0.717) is 11.1 Å². The Bertz CT molecular complexity index is 712. The molecule has 6 heteroatoms. The van der Waals surface area contributed by atoms with Crippen LogP contribution >= 0.6 is 0 Å². The van der Waals surface area contributed by atoms with Crippen molar-refractivity contribution < 1.29 is 23.2 Å². The topological polar surface area (TPSA) is 44.8 Å². The summed E-state index contributed by atoms with van der Waals surface area (Å²) in [6.45, 7) is 7.46. The second-order valence-electron chi connectivity index (χ2n) is 6.48. The first-order chi connectivity index (χ1) is 11.1. The minimum atomic E-state index is -1.04. The summed E-state index contributed by atoms with van der Waals surface area (Å²) in [5, 5.41) is 0. The minimum absolute atomic E-state index is 0.522. The van der Waals surface area contributed by atoms with E-state index in [2.05, 4.69) is 16.6 Å².